The molecule has 1 spiro atoms. The van der Waals surface area contributed by atoms with Gasteiger partial charge in [0.2, 0.25) is 0 Å². The highest BCUT2D eigenvalue weighted by Gasteiger charge is 2.46. The Kier molecular flexibility index (Phi) is 7.41. The van der Waals surface area contributed by atoms with Gasteiger partial charge < -0.3 is 10.5 Å². The smallest absolute Gasteiger partial charge is 0.132 e. The highest BCUT2D eigenvalue weighted by Crippen LogP contribution is 2.57. The predicted octanol–water partition coefficient (Wildman–Crippen LogP) is 10.4. The van der Waals surface area contributed by atoms with Crippen LogP contribution in [0.4, 0.5) is 0 Å². The van der Waals surface area contributed by atoms with E-state index >= 15 is 0 Å². The van der Waals surface area contributed by atoms with E-state index in [0.717, 1.165) is 56.9 Å². The molecule has 2 heteroatoms. The molecule has 2 N–H and O–H groups in total. The van der Waals surface area contributed by atoms with E-state index < -0.39 is 5.41 Å². The van der Waals surface area contributed by atoms with Gasteiger partial charge in [0.15, 0.2) is 0 Å². The lowest BCUT2D eigenvalue weighted by Gasteiger charge is -2.42. The molecule has 1 heterocycles. The summed E-state index contributed by atoms with van der Waals surface area (Å²) >= 11 is 0. The molecular formula is C43H35NO. The van der Waals surface area contributed by atoms with Gasteiger partial charge in [-0.2, -0.15) is 0 Å². The summed E-state index contributed by atoms with van der Waals surface area (Å²) in [7, 11) is 0. The minimum absolute atomic E-state index is 0.649. The molecule has 0 bridgehead atoms. The average Bonchev–Trinajstić information content (AvgIpc) is 3.13. The van der Waals surface area contributed by atoms with Crippen molar-refractivity contribution in [1.82, 2.24) is 0 Å². The Hall–Kier alpha value is -5.60. The van der Waals surface area contributed by atoms with Gasteiger partial charge in [0, 0.05) is 11.1 Å². The van der Waals surface area contributed by atoms with Crippen molar-refractivity contribution in [3.63, 3.8) is 0 Å². The molecule has 0 amide bonds. The molecule has 2 nitrogen and oxygen atoms in total. The molecule has 5 aromatic carbocycles. The number of para-hydroxylation sites is 2. The van der Waals surface area contributed by atoms with Crippen molar-refractivity contribution in [2.24, 2.45) is 5.73 Å². The first kappa shape index (κ1) is 28.2. The average molecular weight is 582 g/mol. The summed E-state index contributed by atoms with van der Waals surface area (Å²) in [6.45, 7) is 6.82. The fourth-order valence-corrected chi connectivity index (χ4v) is 6.85. The molecule has 0 aromatic heterocycles. The van der Waals surface area contributed by atoms with Crippen molar-refractivity contribution in [2.75, 3.05) is 0 Å². The number of allylic oxidation sites excluding steroid dienone is 7. The van der Waals surface area contributed by atoms with Crippen LogP contribution in [0.3, 0.4) is 0 Å². The van der Waals surface area contributed by atoms with Crippen LogP contribution < -0.4 is 10.5 Å². The first-order valence-electron chi connectivity index (χ1n) is 15.4. The second-order valence-electron chi connectivity index (χ2n) is 11.5. The van der Waals surface area contributed by atoms with Crippen molar-refractivity contribution in [2.45, 2.75) is 18.8 Å². The topological polar surface area (TPSA) is 35.2 Å². The maximum absolute atomic E-state index is 6.54. The Labute approximate surface area is 265 Å². The molecule has 1 aliphatic heterocycles. The maximum Gasteiger partial charge on any atom is 0.132 e. The van der Waals surface area contributed by atoms with E-state index in [1.54, 1.807) is 6.20 Å². The highest BCUT2D eigenvalue weighted by atomic mass is 16.5. The quantitative estimate of drug-likeness (QED) is 0.214. The summed E-state index contributed by atoms with van der Waals surface area (Å²) < 4.78 is 6.54. The van der Waals surface area contributed by atoms with Gasteiger partial charge in [-0.15, -0.1) is 0 Å². The van der Waals surface area contributed by atoms with Gasteiger partial charge in [-0.3, -0.25) is 0 Å². The standard InChI is InChI=1S/C43H35NO/c1-3-4-11-32(26-27-44)33-20-22-34(23-21-33)36-24-25-37-28-35-13-6-5-12-31(35)19-18-30(2)43(40(37)29-36)38-14-7-9-16-41(38)45-42-17-10-8-15-39(42)43/h3-27,29H,2,28,44H2,1H3/b4-3+,19-18-,27-26-,32-11+. The summed E-state index contributed by atoms with van der Waals surface area (Å²) in [5.41, 5.74) is 17.8. The number of nitrogens with two attached hydrogens (primary N) is 1. The van der Waals surface area contributed by atoms with E-state index in [9.17, 15) is 0 Å². The Morgan fingerprint density at radius 2 is 1.40 bits per heavy atom. The Morgan fingerprint density at radius 3 is 2.11 bits per heavy atom. The van der Waals surface area contributed by atoms with Crippen molar-refractivity contribution < 1.29 is 4.74 Å². The van der Waals surface area contributed by atoms with Crippen LogP contribution in [0, 0.1) is 0 Å². The summed E-state index contributed by atoms with van der Waals surface area (Å²) in [6, 6.07) is 41.2. The summed E-state index contributed by atoms with van der Waals surface area (Å²) in [5.74, 6) is 1.72. The molecular weight excluding hydrogens is 546 g/mol. The fourth-order valence-electron chi connectivity index (χ4n) is 6.85. The van der Waals surface area contributed by atoms with E-state index in [1.807, 2.05) is 37.3 Å². The second kappa shape index (κ2) is 11.8. The van der Waals surface area contributed by atoms with Crippen LogP contribution >= 0.6 is 0 Å². The molecule has 218 valence electrons. The second-order valence-corrected chi connectivity index (χ2v) is 11.5. The zero-order valence-corrected chi connectivity index (χ0v) is 25.4. The van der Waals surface area contributed by atoms with Gasteiger partial charge in [-0.05, 0) is 93.9 Å². The Bertz CT molecular complexity index is 1990. The first-order valence-corrected chi connectivity index (χ1v) is 15.4. The molecule has 0 saturated carbocycles. The van der Waals surface area contributed by atoms with Gasteiger partial charge in [-0.1, -0.05) is 134 Å². The molecule has 2 aliphatic rings. The van der Waals surface area contributed by atoms with E-state index in [-0.39, 0.29) is 0 Å². The van der Waals surface area contributed by atoms with E-state index in [2.05, 4.69) is 121 Å². The number of hydrogen-bond acceptors (Lipinski definition) is 2. The van der Waals surface area contributed by atoms with Crippen molar-refractivity contribution in [3.8, 4) is 22.6 Å². The van der Waals surface area contributed by atoms with Crippen molar-refractivity contribution >= 4 is 11.6 Å². The Morgan fingerprint density at radius 1 is 0.733 bits per heavy atom. The highest BCUT2D eigenvalue weighted by molar-refractivity contribution is 5.79. The monoisotopic (exact) mass is 581 g/mol. The number of fused-ring (bicyclic) bond motifs is 7. The lowest BCUT2D eigenvalue weighted by molar-refractivity contribution is 0.434. The molecule has 5 aromatic rings. The van der Waals surface area contributed by atoms with Gasteiger partial charge in [0.1, 0.15) is 11.5 Å². The molecule has 0 radical (unpaired) electrons. The van der Waals surface area contributed by atoms with E-state index in [1.165, 1.54) is 22.3 Å². The van der Waals surface area contributed by atoms with Crippen LogP contribution in [-0.2, 0) is 11.8 Å². The van der Waals surface area contributed by atoms with Gasteiger partial charge in [0.25, 0.3) is 0 Å². The molecule has 0 saturated heterocycles. The van der Waals surface area contributed by atoms with Crippen LogP contribution in [-0.4, -0.2) is 0 Å². The number of rotatable bonds is 4. The lowest BCUT2D eigenvalue weighted by atomic mass is 9.62. The maximum atomic E-state index is 6.54. The number of ether oxygens (including phenoxy) is 1. The van der Waals surface area contributed by atoms with Crippen molar-refractivity contribution in [1.29, 1.82) is 0 Å². The minimum Gasteiger partial charge on any atom is -0.457 e. The SMILES string of the molecule is C=C1/C=C\c2ccccc2Cc2ccc(-c3ccc(C(/C=C\N)=C/C=C/C)cc3)cc2C12c1ccccc1Oc1ccccc12. The lowest BCUT2D eigenvalue weighted by Crippen LogP contribution is -2.35. The fraction of sp³-hybridized carbons (Fsp3) is 0.0698. The predicted molar refractivity (Wildman–Crippen MR) is 188 cm³/mol. The Balaban J connectivity index is 1.48. The van der Waals surface area contributed by atoms with Crippen LogP contribution in [0.2, 0.25) is 0 Å². The zero-order valence-electron chi connectivity index (χ0n) is 25.4. The first-order chi connectivity index (χ1) is 22.1. The normalized spacial score (nSPS) is 15.8. The molecule has 0 atom stereocenters. The molecule has 45 heavy (non-hydrogen) atoms. The van der Waals surface area contributed by atoms with Gasteiger partial charge in [0.05, 0.1) is 5.41 Å². The minimum atomic E-state index is -0.649. The third-order valence-corrected chi connectivity index (χ3v) is 8.99. The summed E-state index contributed by atoms with van der Waals surface area (Å²) in [4.78, 5) is 0. The molecule has 1 aliphatic carbocycles. The van der Waals surface area contributed by atoms with Gasteiger partial charge in [-0.25, -0.2) is 0 Å². The molecule has 0 fully saturated rings. The summed E-state index contributed by atoms with van der Waals surface area (Å²) in [6.07, 6.45) is 14.9. The van der Waals surface area contributed by atoms with Crippen LogP contribution in [0.15, 0.2) is 164 Å². The van der Waals surface area contributed by atoms with Gasteiger partial charge >= 0.3 is 0 Å². The largest absolute Gasteiger partial charge is 0.457 e. The van der Waals surface area contributed by atoms with Crippen LogP contribution in [0.1, 0.15) is 45.9 Å². The van der Waals surface area contributed by atoms with E-state index in [4.69, 9.17) is 17.0 Å². The number of benzene rings is 5. The van der Waals surface area contributed by atoms with Crippen LogP contribution in [0.5, 0.6) is 11.5 Å². The summed E-state index contributed by atoms with van der Waals surface area (Å²) in [5, 5.41) is 0. The van der Waals surface area contributed by atoms with E-state index in [0.29, 0.717) is 0 Å². The van der Waals surface area contributed by atoms with Crippen molar-refractivity contribution in [3.05, 3.63) is 203 Å². The molecule has 0 unspecified atom stereocenters. The van der Waals surface area contributed by atoms with Crippen LogP contribution in [0.25, 0.3) is 22.8 Å². The third kappa shape index (κ3) is 4.85. The zero-order chi connectivity index (χ0) is 30.8. The molecule has 7 rings (SSSR count). The number of hydrogen-bond donors (Lipinski definition) is 1. The third-order valence-electron chi connectivity index (χ3n) is 8.99.